The summed E-state index contributed by atoms with van der Waals surface area (Å²) in [5.74, 6) is -1.22. The predicted octanol–water partition coefficient (Wildman–Crippen LogP) is 4.83. The Balaban J connectivity index is 2.10. The monoisotopic (exact) mass is 474 g/mol. The Kier molecular flexibility index (Phi) is 5.45. The Morgan fingerprint density at radius 1 is 0.680 bits per heavy atom. The van der Waals surface area contributed by atoms with Gasteiger partial charge in [0.1, 0.15) is 0 Å². The van der Waals surface area contributed by atoms with E-state index in [2.05, 4.69) is 0 Å². The molecule has 0 aliphatic carbocycles. The van der Waals surface area contributed by atoms with E-state index in [0.29, 0.717) is 0 Å². The molecule has 3 rings (SSSR count). The molecule has 0 fully saturated rings. The first-order chi connectivity index (χ1) is 12.0. The summed E-state index contributed by atoms with van der Waals surface area (Å²) >= 11 is -3.38. The van der Waals surface area contributed by atoms with Crippen molar-refractivity contribution in [3.05, 3.63) is 97.6 Å². The first-order valence-corrected chi connectivity index (χ1v) is 11.6. The number of halogens is 3. The maximum absolute atomic E-state index is 14.3. The summed E-state index contributed by atoms with van der Waals surface area (Å²) in [4.78, 5) is -0.0509. The standard InChI is InChI=1S/C18H13F2IO3S/c19-15-10-4-6-12-17(15)21(18-13-7-5-11-16(18)20)24-25(22,23)14-8-2-1-3-9-14/h1-13H. The molecular formula is C18H13F2IO3S. The summed E-state index contributed by atoms with van der Waals surface area (Å²) in [5, 5.41) is 0. The third-order valence-electron chi connectivity index (χ3n) is 3.20. The molecule has 130 valence electrons. The van der Waals surface area contributed by atoms with Gasteiger partial charge in [-0.1, -0.05) is 0 Å². The molecule has 0 unspecified atom stereocenters. The van der Waals surface area contributed by atoms with Crippen LogP contribution in [0.25, 0.3) is 0 Å². The van der Waals surface area contributed by atoms with Gasteiger partial charge in [0.15, 0.2) is 0 Å². The van der Waals surface area contributed by atoms with Crippen LogP contribution in [0, 0.1) is 18.8 Å². The fourth-order valence-electron chi connectivity index (χ4n) is 2.04. The van der Waals surface area contributed by atoms with Crippen molar-refractivity contribution in [2.24, 2.45) is 0 Å². The van der Waals surface area contributed by atoms with Gasteiger partial charge in [0.25, 0.3) is 0 Å². The van der Waals surface area contributed by atoms with Crippen LogP contribution in [-0.4, -0.2) is 8.42 Å². The van der Waals surface area contributed by atoms with Crippen molar-refractivity contribution in [1.29, 1.82) is 0 Å². The average Bonchev–Trinajstić information content (AvgIpc) is 2.62. The molecule has 0 radical (unpaired) electrons. The second kappa shape index (κ2) is 7.59. The first kappa shape index (κ1) is 18.0. The molecule has 0 saturated carbocycles. The van der Waals surface area contributed by atoms with Crippen molar-refractivity contribution >= 4 is 30.4 Å². The van der Waals surface area contributed by atoms with Gasteiger partial charge in [-0.15, -0.1) is 0 Å². The summed E-state index contributed by atoms with van der Waals surface area (Å²) in [6.07, 6.45) is 0. The van der Waals surface area contributed by atoms with Crippen molar-refractivity contribution in [2.45, 2.75) is 4.90 Å². The van der Waals surface area contributed by atoms with Gasteiger partial charge in [0, 0.05) is 0 Å². The van der Waals surface area contributed by atoms with E-state index >= 15 is 0 Å². The molecule has 3 aromatic rings. The molecule has 0 aromatic heterocycles. The zero-order valence-electron chi connectivity index (χ0n) is 12.8. The second-order valence-corrected chi connectivity index (χ2v) is 11.2. The predicted molar refractivity (Wildman–Crippen MR) is 98.9 cm³/mol. The molecule has 3 aromatic carbocycles. The van der Waals surface area contributed by atoms with Crippen LogP contribution in [-0.2, 0) is 12.6 Å². The minimum absolute atomic E-state index is 0.0509. The number of hydrogen-bond donors (Lipinski definition) is 0. The zero-order valence-corrected chi connectivity index (χ0v) is 15.7. The Labute approximate surface area is 152 Å². The van der Waals surface area contributed by atoms with E-state index in [4.69, 9.17) is 2.51 Å². The topological polar surface area (TPSA) is 43.4 Å². The van der Waals surface area contributed by atoms with Crippen molar-refractivity contribution in [3.8, 4) is 0 Å². The van der Waals surface area contributed by atoms with E-state index < -0.39 is 42.0 Å². The molecule has 25 heavy (non-hydrogen) atoms. The number of benzene rings is 3. The van der Waals surface area contributed by atoms with Gasteiger partial charge < -0.3 is 0 Å². The summed E-state index contributed by atoms with van der Waals surface area (Å²) in [5.41, 5.74) is 0. The van der Waals surface area contributed by atoms with E-state index in [9.17, 15) is 17.2 Å². The summed E-state index contributed by atoms with van der Waals surface area (Å²) in [6.45, 7) is 0. The van der Waals surface area contributed by atoms with Gasteiger partial charge in [-0.2, -0.15) is 0 Å². The van der Waals surface area contributed by atoms with Gasteiger partial charge in [0.05, 0.1) is 0 Å². The number of hydrogen-bond acceptors (Lipinski definition) is 3. The van der Waals surface area contributed by atoms with Crippen LogP contribution in [0.15, 0.2) is 83.8 Å². The zero-order chi connectivity index (χ0) is 17.9. The van der Waals surface area contributed by atoms with Crippen LogP contribution in [0.4, 0.5) is 8.78 Å². The van der Waals surface area contributed by atoms with E-state index in [0.717, 1.165) is 0 Å². The summed E-state index contributed by atoms with van der Waals surface area (Å²) in [7, 11) is -4.15. The molecule has 3 nitrogen and oxygen atoms in total. The van der Waals surface area contributed by atoms with E-state index in [1.807, 2.05) is 0 Å². The van der Waals surface area contributed by atoms with Crippen LogP contribution in [0.1, 0.15) is 0 Å². The maximum atomic E-state index is 14.3. The quantitative estimate of drug-likeness (QED) is 0.498. The Bertz CT molecular complexity index is 933. The van der Waals surface area contributed by atoms with E-state index in [-0.39, 0.29) is 12.0 Å². The first-order valence-electron chi connectivity index (χ1n) is 7.18. The Hall–Kier alpha value is -1.84. The molecule has 0 aliphatic heterocycles. The molecular weight excluding hydrogens is 461 g/mol. The number of rotatable bonds is 5. The molecule has 0 spiro atoms. The summed E-state index contributed by atoms with van der Waals surface area (Å²) in [6, 6.07) is 19.0. The van der Waals surface area contributed by atoms with Crippen molar-refractivity contribution in [3.63, 3.8) is 0 Å². The molecule has 0 atom stereocenters. The van der Waals surface area contributed by atoms with Crippen LogP contribution in [0.3, 0.4) is 0 Å². The Morgan fingerprint density at radius 2 is 1.12 bits per heavy atom. The van der Waals surface area contributed by atoms with E-state index in [1.165, 1.54) is 48.5 Å². The third kappa shape index (κ3) is 4.05. The second-order valence-electron chi connectivity index (χ2n) is 4.91. The fraction of sp³-hybridized carbons (Fsp3) is 0. The molecule has 0 N–H and O–H groups in total. The van der Waals surface area contributed by atoms with Crippen LogP contribution >= 0.6 is 20.2 Å². The van der Waals surface area contributed by atoms with Crippen LogP contribution in [0.5, 0.6) is 0 Å². The third-order valence-corrected chi connectivity index (χ3v) is 10.7. The molecule has 0 amide bonds. The molecule has 0 saturated heterocycles. The summed E-state index contributed by atoms with van der Waals surface area (Å²) < 4.78 is 59.3. The van der Waals surface area contributed by atoms with Gasteiger partial charge in [-0.3, -0.25) is 0 Å². The molecule has 0 heterocycles. The van der Waals surface area contributed by atoms with E-state index in [1.54, 1.807) is 30.3 Å². The normalized spacial score (nSPS) is 12.0. The average molecular weight is 474 g/mol. The minimum atomic E-state index is -4.15. The van der Waals surface area contributed by atoms with Gasteiger partial charge in [-0.05, 0) is 0 Å². The van der Waals surface area contributed by atoms with Crippen molar-refractivity contribution < 1.29 is 19.7 Å². The fourth-order valence-corrected chi connectivity index (χ4v) is 9.10. The van der Waals surface area contributed by atoms with Crippen LogP contribution < -0.4 is 0 Å². The molecule has 0 bridgehead atoms. The Morgan fingerprint density at radius 3 is 1.60 bits per heavy atom. The van der Waals surface area contributed by atoms with Crippen molar-refractivity contribution in [2.75, 3.05) is 0 Å². The molecule has 7 heteroatoms. The van der Waals surface area contributed by atoms with Crippen LogP contribution in [0.2, 0.25) is 0 Å². The molecule has 0 aliphatic rings. The van der Waals surface area contributed by atoms with Gasteiger partial charge in [0.2, 0.25) is 0 Å². The van der Waals surface area contributed by atoms with Gasteiger partial charge >= 0.3 is 153 Å². The van der Waals surface area contributed by atoms with Crippen molar-refractivity contribution in [1.82, 2.24) is 0 Å². The van der Waals surface area contributed by atoms with Gasteiger partial charge in [-0.25, -0.2) is 0 Å². The SMILES string of the molecule is O=S(=O)(OI(c1ccccc1F)c1ccccc1F)c1ccccc1.